The second-order valence-electron chi connectivity index (χ2n) is 5.05. The van der Waals surface area contributed by atoms with Crippen molar-refractivity contribution < 1.29 is 14.3 Å². The molecular weight excluding hydrogens is 310 g/mol. The molecule has 4 nitrogen and oxygen atoms in total. The average molecular weight is 331 g/mol. The van der Waals surface area contributed by atoms with Gasteiger partial charge in [-0.15, -0.1) is 11.8 Å². The number of amides is 1. The Kier molecular flexibility index (Phi) is 5.93. The van der Waals surface area contributed by atoms with E-state index in [1.807, 2.05) is 18.4 Å². The first-order valence-corrected chi connectivity index (χ1v) is 8.42. The molecule has 0 spiro atoms. The van der Waals surface area contributed by atoms with E-state index in [0.717, 1.165) is 5.56 Å². The van der Waals surface area contributed by atoms with Crippen molar-refractivity contribution in [3.05, 3.63) is 53.6 Å². The number of thioether (sulfide) groups is 1. The van der Waals surface area contributed by atoms with Gasteiger partial charge in [-0.2, -0.15) is 0 Å². The molecule has 2 aromatic carbocycles. The Labute approximate surface area is 141 Å². The number of benzene rings is 2. The number of methoxy groups -OCH3 is 2. The molecule has 0 unspecified atom stereocenters. The Morgan fingerprint density at radius 1 is 1.09 bits per heavy atom. The van der Waals surface area contributed by atoms with Crippen LogP contribution in [0.25, 0.3) is 0 Å². The molecule has 0 saturated heterocycles. The number of ether oxygens (including phenoxy) is 2. The molecule has 5 heteroatoms. The van der Waals surface area contributed by atoms with Gasteiger partial charge in [0.25, 0.3) is 5.91 Å². The zero-order valence-electron chi connectivity index (χ0n) is 13.8. The fourth-order valence-electron chi connectivity index (χ4n) is 2.37. The van der Waals surface area contributed by atoms with Crippen LogP contribution in [0.5, 0.6) is 11.5 Å². The fraction of sp³-hybridized carbons (Fsp3) is 0.278. The monoisotopic (exact) mass is 331 g/mol. The number of carbonyl (C=O) groups is 1. The summed E-state index contributed by atoms with van der Waals surface area (Å²) >= 11 is 1.68. The summed E-state index contributed by atoms with van der Waals surface area (Å²) in [5, 5.41) is 0. The van der Waals surface area contributed by atoms with Gasteiger partial charge < -0.3 is 14.4 Å². The highest BCUT2D eigenvalue weighted by Crippen LogP contribution is 2.29. The lowest BCUT2D eigenvalue weighted by molar-refractivity contribution is 0.0778. The van der Waals surface area contributed by atoms with Crippen molar-refractivity contribution >= 4 is 17.7 Å². The van der Waals surface area contributed by atoms with Gasteiger partial charge in [0.2, 0.25) is 0 Å². The molecule has 0 heterocycles. The van der Waals surface area contributed by atoms with Crippen LogP contribution in [0.3, 0.4) is 0 Å². The first-order chi connectivity index (χ1) is 11.1. The van der Waals surface area contributed by atoms with E-state index in [1.54, 1.807) is 56.1 Å². The lowest BCUT2D eigenvalue weighted by atomic mass is 10.1. The molecule has 0 bridgehead atoms. The van der Waals surface area contributed by atoms with Gasteiger partial charge in [0.1, 0.15) is 17.1 Å². The molecule has 0 atom stereocenters. The minimum atomic E-state index is -0.131. The molecule has 0 saturated carbocycles. The molecule has 1 amide bonds. The van der Waals surface area contributed by atoms with E-state index in [4.69, 9.17) is 9.47 Å². The summed E-state index contributed by atoms with van der Waals surface area (Å²) in [6.07, 6.45) is 2.04. The maximum atomic E-state index is 12.8. The number of rotatable bonds is 6. The molecule has 122 valence electrons. The predicted molar refractivity (Wildman–Crippen MR) is 93.6 cm³/mol. The van der Waals surface area contributed by atoms with Crippen molar-refractivity contribution in [3.8, 4) is 11.5 Å². The van der Waals surface area contributed by atoms with Crippen LogP contribution in [0.2, 0.25) is 0 Å². The zero-order valence-corrected chi connectivity index (χ0v) is 14.6. The van der Waals surface area contributed by atoms with Gasteiger partial charge in [-0.3, -0.25) is 4.79 Å². The van der Waals surface area contributed by atoms with Gasteiger partial charge in [0, 0.05) is 18.5 Å². The smallest absolute Gasteiger partial charge is 0.261 e. The van der Waals surface area contributed by atoms with Crippen LogP contribution >= 0.6 is 11.8 Å². The van der Waals surface area contributed by atoms with E-state index in [0.29, 0.717) is 23.6 Å². The van der Waals surface area contributed by atoms with Gasteiger partial charge in [-0.05, 0) is 36.1 Å². The quantitative estimate of drug-likeness (QED) is 0.757. The Morgan fingerprint density at radius 3 is 2.26 bits per heavy atom. The highest BCUT2D eigenvalue weighted by Gasteiger charge is 2.21. The van der Waals surface area contributed by atoms with Gasteiger partial charge in [0.05, 0.1) is 14.2 Å². The zero-order chi connectivity index (χ0) is 16.8. The maximum absolute atomic E-state index is 12.8. The van der Waals surface area contributed by atoms with Crippen LogP contribution in [0.15, 0.2) is 47.4 Å². The SMILES string of the molecule is COc1cccc(OC)c1C(=O)N(C)Cc1cccc(SC)c1. The van der Waals surface area contributed by atoms with E-state index >= 15 is 0 Å². The highest BCUT2D eigenvalue weighted by atomic mass is 32.2. The third kappa shape index (κ3) is 3.99. The van der Waals surface area contributed by atoms with Crippen molar-refractivity contribution in [2.75, 3.05) is 27.5 Å². The van der Waals surface area contributed by atoms with Crippen LogP contribution in [0, 0.1) is 0 Å². The minimum absolute atomic E-state index is 0.131. The molecule has 0 radical (unpaired) electrons. The molecule has 0 N–H and O–H groups in total. The van der Waals surface area contributed by atoms with Gasteiger partial charge >= 0.3 is 0 Å². The fourth-order valence-corrected chi connectivity index (χ4v) is 2.85. The Hall–Kier alpha value is -2.14. The molecule has 0 aliphatic rings. The Bertz CT molecular complexity index is 665. The van der Waals surface area contributed by atoms with Crippen molar-refractivity contribution in [3.63, 3.8) is 0 Å². The maximum Gasteiger partial charge on any atom is 0.261 e. The van der Waals surface area contributed by atoms with Crippen molar-refractivity contribution in [1.29, 1.82) is 0 Å². The molecule has 2 rings (SSSR count). The standard InChI is InChI=1S/C18H21NO3S/c1-19(12-13-7-5-8-14(11-13)23-4)18(20)17-15(21-2)9-6-10-16(17)22-3/h5-11H,12H2,1-4H3. The number of hydrogen-bond donors (Lipinski definition) is 0. The van der Waals surface area contributed by atoms with E-state index in [-0.39, 0.29) is 5.91 Å². The first kappa shape index (κ1) is 17.2. The molecular formula is C18H21NO3S. The van der Waals surface area contributed by atoms with E-state index in [9.17, 15) is 4.79 Å². The summed E-state index contributed by atoms with van der Waals surface area (Å²) in [4.78, 5) is 15.7. The van der Waals surface area contributed by atoms with Crippen LogP contribution in [0.1, 0.15) is 15.9 Å². The highest BCUT2D eigenvalue weighted by molar-refractivity contribution is 7.98. The summed E-state index contributed by atoms with van der Waals surface area (Å²) in [5.74, 6) is 0.895. The van der Waals surface area contributed by atoms with E-state index in [1.165, 1.54) is 4.90 Å². The summed E-state index contributed by atoms with van der Waals surface area (Å²) in [7, 11) is 4.88. The largest absolute Gasteiger partial charge is 0.496 e. The number of carbonyl (C=O) groups excluding carboxylic acids is 1. The number of nitrogens with zero attached hydrogens (tertiary/aromatic N) is 1. The summed E-state index contributed by atoms with van der Waals surface area (Å²) in [5.41, 5.74) is 1.53. The lowest BCUT2D eigenvalue weighted by Crippen LogP contribution is -2.27. The van der Waals surface area contributed by atoms with E-state index in [2.05, 4.69) is 12.1 Å². The van der Waals surface area contributed by atoms with E-state index < -0.39 is 0 Å². The minimum Gasteiger partial charge on any atom is -0.496 e. The first-order valence-electron chi connectivity index (χ1n) is 7.20. The van der Waals surface area contributed by atoms with Crippen molar-refractivity contribution in [2.45, 2.75) is 11.4 Å². The molecule has 0 aliphatic heterocycles. The normalized spacial score (nSPS) is 10.3. The van der Waals surface area contributed by atoms with Crippen molar-refractivity contribution in [1.82, 2.24) is 4.90 Å². The third-order valence-corrected chi connectivity index (χ3v) is 4.27. The van der Waals surface area contributed by atoms with Crippen LogP contribution in [-0.4, -0.2) is 38.3 Å². The van der Waals surface area contributed by atoms with Crippen LogP contribution in [0.4, 0.5) is 0 Å². The molecule has 0 aromatic heterocycles. The van der Waals surface area contributed by atoms with Crippen LogP contribution < -0.4 is 9.47 Å². The molecule has 0 aliphatic carbocycles. The molecule has 23 heavy (non-hydrogen) atoms. The molecule has 2 aromatic rings. The molecule has 0 fully saturated rings. The second-order valence-corrected chi connectivity index (χ2v) is 5.93. The third-order valence-electron chi connectivity index (χ3n) is 3.54. The average Bonchev–Trinajstić information content (AvgIpc) is 2.60. The summed E-state index contributed by atoms with van der Waals surface area (Å²) < 4.78 is 10.6. The second kappa shape index (κ2) is 7.92. The van der Waals surface area contributed by atoms with Crippen LogP contribution in [-0.2, 0) is 6.54 Å². The topological polar surface area (TPSA) is 38.8 Å². The van der Waals surface area contributed by atoms with Gasteiger partial charge in [-0.25, -0.2) is 0 Å². The Morgan fingerprint density at radius 2 is 1.70 bits per heavy atom. The Balaban J connectivity index is 2.26. The predicted octanol–water partition coefficient (Wildman–Crippen LogP) is 3.70. The van der Waals surface area contributed by atoms with Gasteiger partial charge in [0.15, 0.2) is 0 Å². The summed E-state index contributed by atoms with van der Waals surface area (Å²) in [6.45, 7) is 0.522. The lowest BCUT2D eigenvalue weighted by Gasteiger charge is -2.20. The van der Waals surface area contributed by atoms with Gasteiger partial charge in [-0.1, -0.05) is 18.2 Å². The number of hydrogen-bond acceptors (Lipinski definition) is 4. The van der Waals surface area contributed by atoms with Crippen molar-refractivity contribution in [2.24, 2.45) is 0 Å². The summed E-state index contributed by atoms with van der Waals surface area (Å²) in [6, 6.07) is 13.5.